The van der Waals surface area contributed by atoms with Crippen molar-refractivity contribution in [3.63, 3.8) is 0 Å². The third-order valence-corrected chi connectivity index (χ3v) is 10.6. The Morgan fingerprint density at radius 3 is 1.68 bits per heavy atom. The minimum Gasteiger partial charge on any atom is -0.507 e. The van der Waals surface area contributed by atoms with E-state index in [0.29, 0.717) is 31.7 Å². The van der Waals surface area contributed by atoms with E-state index in [2.05, 4.69) is 28.9 Å². The summed E-state index contributed by atoms with van der Waals surface area (Å²) in [6.07, 6.45) is 1.97. The molecule has 2 saturated heterocycles. The van der Waals surface area contributed by atoms with Crippen LogP contribution in [0.25, 0.3) is 10.4 Å². The number of hydrogen-bond donors (Lipinski definition) is 1. The number of benzene rings is 1. The Morgan fingerprint density at radius 2 is 1.27 bits per heavy atom. The summed E-state index contributed by atoms with van der Waals surface area (Å²) in [5.74, 6) is 0.774. The number of carbonyl (C=O) groups is 2. The lowest BCUT2D eigenvalue weighted by Gasteiger charge is -2.36. The van der Waals surface area contributed by atoms with Crippen LogP contribution in [0.1, 0.15) is 50.3 Å². The second-order valence-electron chi connectivity index (χ2n) is 9.78. The van der Waals surface area contributed by atoms with Gasteiger partial charge in [-0.2, -0.15) is 0 Å². The topological polar surface area (TPSA) is 67.3 Å². The van der Waals surface area contributed by atoms with E-state index in [-0.39, 0.29) is 11.8 Å². The molecule has 2 amide bonds. The number of phenols is 1. The molecule has 0 atom stereocenters. The van der Waals surface area contributed by atoms with Gasteiger partial charge in [-0.25, -0.2) is 0 Å². The summed E-state index contributed by atoms with van der Waals surface area (Å²) in [5, 5.41) is 11.4. The largest absolute Gasteiger partial charge is 0.507 e. The molecule has 0 aliphatic carbocycles. The van der Waals surface area contributed by atoms with Crippen LogP contribution in [0.2, 0.25) is 0 Å². The lowest BCUT2D eigenvalue weighted by molar-refractivity contribution is -0.133. The van der Waals surface area contributed by atoms with Crippen molar-refractivity contribution >= 4 is 44.7 Å². The van der Waals surface area contributed by atoms with E-state index in [4.69, 9.17) is 12.2 Å². The molecule has 202 valence electrons. The molecule has 3 heterocycles. The van der Waals surface area contributed by atoms with Crippen molar-refractivity contribution in [3.8, 4) is 16.2 Å². The number of rotatable bonds is 8. The van der Waals surface area contributed by atoms with Crippen LogP contribution in [0.3, 0.4) is 0 Å². The number of nitrogens with zero attached hydrogens (tertiary/aromatic N) is 4. The van der Waals surface area contributed by atoms with Gasteiger partial charge in [-0.1, -0.05) is 53.7 Å². The fourth-order valence-electron chi connectivity index (χ4n) is 5.17. The summed E-state index contributed by atoms with van der Waals surface area (Å²) in [7, 11) is 3.37. The fraction of sp³-hybridized carbons (Fsp3) is 0.593. The smallest absolute Gasteiger partial charge is 0.222 e. The van der Waals surface area contributed by atoms with E-state index >= 15 is 0 Å². The van der Waals surface area contributed by atoms with Crippen molar-refractivity contribution < 1.29 is 14.7 Å². The van der Waals surface area contributed by atoms with E-state index in [1.807, 2.05) is 23.6 Å². The Balaban J connectivity index is 1.57. The normalized spacial score (nSPS) is 17.4. The molecule has 37 heavy (non-hydrogen) atoms. The van der Waals surface area contributed by atoms with Crippen molar-refractivity contribution in [2.75, 3.05) is 52.4 Å². The first-order chi connectivity index (χ1) is 17.8. The van der Waals surface area contributed by atoms with Crippen molar-refractivity contribution in [1.29, 1.82) is 0 Å². The van der Waals surface area contributed by atoms with Crippen LogP contribution >= 0.6 is 32.9 Å². The highest BCUT2D eigenvalue weighted by Gasteiger charge is 2.25. The Kier molecular flexibility index (Phi) is 9.74. The van der Waals surface area contributed by atoms with E-state index in [1.165, 1.54) is 10.4 Å². The molecule has 2 fully saturated rings. The lowest BCUT2D eigenvalue weighted by atomic mass is 9.99. The van der Waals surface area contributed by atoms with Gasteiger partial charge in [0.15, 0.2) is 0 Å². The van der Waals surface area contributed by atoms with Crippen LogP contribution in [0.4, 0.5) is 0 Å². The van der Waals surface area contributed by atoms with Crippen molar-refractivity contribution in [2.45, 2.75) is 53.1 Å². The molecule has 2 aromatic rings. The first-order valence-electron chi connectivity index (χ1n) is 13.3. The third-order valence-electron chi connectivity index (χ3n) is 7.45. The molecule has 1 aromatic carbocycles. The van der Waals surface area contributed by atoms with Crippen LogP contribution < -0.4 is 0 Å². The summed E-state index contributed by atoms with van der Waals surface area (Å²) >= 11 is 5.61. The fourth-order valence-corrected chi connectivity index (χ4v) is 8.29. The van der Waals surface area contributed by atoms with Gasteiger partial charge in [0, 0.05) is 89.4 Å². The maximum atomic E-state index is 12.1. The molecule has 4 rings (SSSR count). The van der Waals surface area contributed by atoms with Gasteiger partial charge in [0.25, 0.3) is 0 Å². The highest BCUT2D eigenvalue weighted by Crippen LogP contribution is 2.39. The van der Waals surface area contributed by atoms with Gasteiger partial charge in [0.2, 0.25) is 11.8 Å². The third kappa shape index (κ3) is 6.60. The second-order valence-corrected chi connectivity index (χ2v) is 12.6. The SMILES string of the molecule is CCC(=O)N1CCN(Cc2cc(-c3ssc(=S)c3CC)cc(CN3CCN(C(=O)CC)CC3)c2O)CC1. The van der Waals surface area contributed by atoms with Crippen molar-refractivity contribution in [3.05, 3.63) is 32.6 Å². The monoisotopic (exact) mass is 562 g/mol. The Hall–Kier alpha value is -1.85. The summed E-state index contributed by atoms with van der Waals surface area (Å²) in [6, 6.07) is 4.26. The lowest BCUT2D eigenvalue weighted by Crippen LogP contribution is -2.48. The zero-order valence-corrected chi connectivity index (χ0v) is 24.6. The summed E-state index contributed by atoms with van der Waals surface area (Å²) in [5.41, 5.74) is 4.19. The molecule has 10 heteroatoms. The molecule has 2 aliphatic heterocycles. The average molecular weight is 563 g/mol. The molecule has 0 spiro atoms. The highest BCUT2D eigenvalue weighted by atomic mass is 32.9. The van der Waals surface area contributed by atoms with Crippen LogP contribution in [0.5, 0.6) is 5.75 Å². The Bertz CT molecular complexity index is 1100. The number of amides is 2. The molecular formula is C27H38N4O3S3. The number of carbonyl (C=O) groups excluding carboxylic acids is 2. The summed E-state index contributed by atoms with van der Waals surface area (Å²) in [4.78, 5) is 33.9. The second kappa shape index (κ2) is 12.8. The maximum Gasteiger partial charge on any atom is 0.222 e. The van der Waals surface area contributed by atoms with Crippen molar-refractivity contribution in [2.24, 2.45) is 0 Å². The number of piperazine rings is 2. The zero-order valence-electron chi connectivity index (χ0n) is 22.1. The van der Waals surface area contributed by atoms with E-state index < -0.39 is 0 Å². The molecule has 0 saturated carbocycles. The van der Waals surface area contributed by atoms with Gasteiger partial charge in [-0.15, -0.1) is 0 Å². The Labute approximate surface area is 232 Å². The molecule has 0 unspecified atom stereocenters. The maximum absolute atomic E-state index is 12.1. The van der Waals surface area contributed by atoms with Crippen molar-refractivity contribution in [1.82, 2.24) is 19.6 Å². The van der Waals surface area contributed by atoms with E-state index in [0.717, 1.165) is 79.3 Å². The molecule has 1 aromatic heterocycles. The zero-order chi connectivity index (χ0) is 26.5. The molecular weight excluding hydrogens is 525 g/mol. The van der Waals surface area contributed by atoms with Gasteiger partial charge in [-0.05, 0) is 29.7 Å². The quantitative estimate of drug-likeness (QED) is 0.375. The van der Waals surface area contributed by atoms with Gasteiger partial charge < -0.3 is 14.9 Å². The van der Waals surface area contributed by atoms with E-state index in [9.17, 15) is 14.7 Å². The van der Waals surface area contributed by atoms with Gasteiger partial charge >= 0.3 is 0 Å². The minimum atomic E-state index is 0.207. The number of aromatic hydroxyl groups is 1. The first kappa shape index (κ1) is 28.2. The van der Waals surface area contributed by atoms with Gasteiger partial charge in [0.1, 0.15) is 9.57 Å². The summed E-state index contributed by atoms with van der Waals surface area (Å²) in [6.45, 7) is 13.4. The molecule has 1 N–H and O–H groups in total. The first-order valence-corrected chi connectivity index (χ1v) is 15.9. The summed E-state index contributed by atoms with van der Waals surface area (Å²) < 4.78 is 0.951. The van der Waals surface area contributed by atoms with E-state index in [1.54, 1.807) is 20.7 Å². The van der Waals surface area contributed by atoms with Gasteiger partial charge in [-0.3, -0.25) is 19.4 Å². The highest BCUT2D eigenvalue weighted by molar-refractivity contribution is 7.80. The number of phenolic OH excluding ortho intramolecular Hbond substituents is 1. The number of hydrogen-bond acceptors (Lipinski definition) is 8. The molecule has 0 bridgehead atoms. The van der Waals surface area contributed by atoms with Crippen LogP contribution in [0.15, 0.2) is 12.1 Å². The molecule has 2 aliphatic rings. The minimum absolute atomic E-state index is 0.207. The average Bonchev–Trinajstić information content (AvgIpc) is 3.30. The standard InChI is InChI=1S/C27H38N4O3S3/c1-4-22-26(36-37-27(22)35)19-15-20(17-28-7-11-30(12-8-28)23(32)5-2)25(34)21(16-19)18-29-9-13-31(14-10-29)24(33)6-3/h15-16,34H,4-14,17-18H2,1-3H3. The van der Waals surface area contributed by atoms with Crippen LogP contribution in [-0.2, 0) is 29.1 Å². The molecule has 0 radical (unpaired) electrons. The van der Waals surface area contributed by atoms with Crippen LogP contribution in [-0.4, -0.2) is 88.9 Å². The predicted octanol–water partition coefficient (Wildman–Crippen LogP) is 4.58. The Morgan fingerprint density at radius 1 is 0.811 bits per heavy atom. The predicted molar refractivity (Wildman–Crippen MR) is 154 cm³/mol. The van der Waals surface area contributed by atoms with Gasteiger partial charge in [0.05, 0.1) is 4.88 Å². The molecule has 7 nitrogen and oxygen atoms in total. The van der Waals surface area contributed by atoms with Crippen LogP contribution in [0, 0.1) is 3.82 Å².